The van der Waals surface area contributed by atoms with E-state index in [0.29, 0.717) is 6.29 Å². The van der Waals surface area contributed by atoms with Gasteiger partial charge in [-0.25, -0.2) is 4.79 Å². The highest BCUT2D eigenvalue weighted by atomic mass is 16.5. The lowest BCUT2D eigenvalue weighted by Gasteiger charge is -2.02. The molecule has 4 nitrogen and oxygen atoms in total. The molecule has 0 aliphatic heterocycles. The van der Waals surface area contributed by atoms with Crippen molar-refractivity contribution in [1.82, 2.24) is 4.98 Å². The fourth-order valence-electron chi connectivity index (χ4n) is 0.893. The van der Waals surface area contributed by atoms with Gasteiger partial charge >= 0.3 is 5.97 Å². The number of aldehydes is 1. The van der Waals surface area contributed by atoms with Gasteiger partial charge < -0.3 is 4.74 Å². The number of pyridine rings is 1. The van der Waals surface area contributed by atoms with Crippen LogP contribution in [0.15, 0.2) is 18.3 Å². The standard InChI is InChI=1S/C9H9NO3/c1-2-13-9(12)7-4-3-5-10-8(7)6-11/h3-6H,2H2,1H3. The van der Waals surface area contributed by atoms with Crippen molar-refractivity contribution in [3.63, 3.8) is 0 Å². The number of carbonyl (C=O) groups excluding carboxylic acids is 2. The molecule has 0 atom stereocenters. The van der Waals surface area contributed by atoms with E-state index in [1.165, 1.54) is 12.3 Å². The van der Waals surface area contributed by atoms with Crippen LogP contribution in [-0.4, -0.2) is 23.8 Å². The number of hydrogen-bond donors (Lipinski definition) is 0. The van der Waals surface area contributed by atoms with Gasteiger partial charge in [-0.15, -0.1) is 0 Å². The average molecular weight is 179 g/mol. The molecule has 0 radical (unpaired) electrons. The number of rotatable bonds is 3. The SMILES string of the molecule is CCOC(=O)c1cccnc1C=O. The first kappa shape index (κ1) is 9.38. The van der Waals surface area contributed by atoms with E-state index in [2.05, 4.69) is 4.98 Å². The Labute approximate surface area is 75.5 Å². The zero-order valence-corrected chi connectivity index (χ0v) is 7.19. The number of ether oxygens (including phenoxy) is 1. The lowest BCUT2D eigenvalue weighted by molar-refractivity contribution is 0.0523. The summed E-state index contributed by atoms with van der Waals surface area (Å²) in [4.78, 5) is 25.4. The molecular formula is C9H9NO3. The Bertz CT molecular complexity index is 322. The van der Waals surface area contributed by atoms with Crippen molar-refractivity contribution >= 4 is 12.3 Å². The van der Waals surface area contributed by atoms with Gasteiger partial charge in [-0.3, -0.25) is 9.78 Å². The second kappa shape index (κ2) is 4.35. The van der Waals surface area contributed by atoms with Crippen LogP contribution in [0.5, 0.6) is 0 Å². The molecule has 1 aromatic heterocycles. The van der Waals surface area contributed by atoms with E-state index in [0.717, 1.165) is 0 Å². The molecule has 68 valence electrons. The Hall–Kier alpha value is -1.71. The molecule has 0 aromatic carbocycles. The summed E-state index contributed by atoms with van der Waals surface area (Å²) in [5.41, 5.74) is 0.320. The first-order valence-corrected chi connectivity index (χ1v) is 3.87. The zero-order valence-electron chi connectivity index (χ0n) is 7.19. The third kappa shape index (κ3) is 2.11. The van der Waals surface area contributed by atoms with Crippen LogP contribution in [0.3, 0.4) is 0 Å². The molecule has 0 saturated heterocycles. The van der Waals surface area contributed by atoms with Crippen LogP contribution in [-0.2, 0) is 4.74 Å². The Morgan fingerprint density at radius 2 is 2.46 bits per heavy atom. The quantitative estimate of drug-likeness (QED) is 0.514. The van der Waals surface area contributed by atoms with Crippen LogP contribution in [0.2, 0.25) is 0 Å². The summed E-state index contributed by atoms with van der Waals surface area (Å²) in [6.45, 7) is 1.99. The average Bonchev–Trinajstić information content (AvgIpc) is 2.18. The van der Waals surface area contributed by atoms with Gasteiger partial charge in [0, 0.05) is 6.20 Å². The van der Waals surface area contributed by atoms with Crippen LogP contribution in [0.25, 0.3) is 0 Å². The predicted molar refractivity (Wildman–Crippen MR) is 45.6 cm³/mol. The van der Waals surface area contributed by atoms with Crippen molar-refractivity contribution < 1.29 is 14.3 Å². The van der Waals surface area contributed by atoms with Gasteiger partial charge in [-0.05, 0) is 19.1 Å². The number of aromatic nitrogens is 1. The molecular weight excluding hydrogens is 170 g/mol. The van der Waals surface area contributed by atoms with E-state index in [-0.39, 0.29) is 17.9 Å². The summed E-state index contributed by atoms with van der Waals surface area (Å²) in [6.07, 6.45) is 1.98. The first-order valence-electron chi connectivity index (χ1n) is 3.87. The van der Waals surface area contributed by atoms with Crippen LogP contribution < -0.4 is 0 Å². The third-order valence-corrected chi connectivity index (χ3v) is 1.45. The maximum absolute atomic E-state index is 11.2. The molecule has 1 rings (SSSR count). The highest BCUT2D eigenvalue weighted by molar-refractivity contribution is 5.96. The van der Waals surface area contributed by atoms with E-state index in [1.54, 1.807) is 13.0 Å². The van der Waals surface area contributed by atoms with Gasteiger partial charge in [-0.1, -0.05) is 0 Å². The van der Waals surface area contributed by atoms with Crippen LogP contribution in [0, 0.1) is 0 Å². The molecule has 0 amide bonds. The molecule has 4 heteroatoms. The van der Waals surface area contributed by atoms with E-state index in [1.807, 2.05) is 0 Å². The minimum atomic E-state index is -0.516. The van der Waals surface area contributed by atoms with Gasteiger partial charge in [0.25, 0.3) is 0 Å². The largest absolute Gasteiger partial charge is 0.462 e. The summed E-state index contributed by atoms with van der Waals surface area (Å²) in [5, 5.41) is 0. The molecule has 0 bridgehead atoms. The first-order chi connectivity index (χ1) is 6.29. The number of esters is 1. The zero-order chi connectivity index (χ0) is 9.68. The predicted octanol–water partition coefficient (Wildman–Crippen LogP) is 1.07. The van der Waals surface area contributed by atoms with Crippen LogP contribution in [0.4, 0.5) is 0 Å². The van der Waals surface area contributed by atoms with Crippen LogP contribution in [0.1, 0.15) is 27.8 Å². The molecule has 0 saturated carbocycles. The van der Waals surface area contributed by atoms with E-state index < -0.39 is 5.97 Å². The van der Waals surface area contributed by atoms with E-state index in [4.69, 9.17) is 4.74 Å². The molecule has 0 unspecified atom stereocenters. The van der Waals surface area contributed by atoms with Crippen molar-refractivity contribution in [2.24, 2.45) is 0 Å². The van der Waals surface area contributed by atoms with Crippen molar-refractivity contribution in [3.05, 3.63) is 29.6 Å². The molecule has 0 aliphatic carbocycles. The molecule has 13 heavy (non-hydrogen) atoms. The van der Waals surface area contributed by atoms with E-state index in [9.17, 15) is 9.59 Å². The van der Waals surface area contributed by atoms with Gasteiger partial charge in [-0.2, -0.15) is 0 Å². The Kier molecular flexibility index (Phi) is 3.14. The van der Waals surface area contributed by atoms with Crippen molar-refractivity contribution in [2.75, 3.05) is 6.61 Å². The molecule has 0 aliphatic rings. The lowest BCUT2D eigenvalue weighted by Crippen LogP contribution is -2.08. The Morgan fingerprint density at radius 3 is 3.08 bits per heavy atom. The van der Waals surface area contributed by atoms with Crippen molar-refractivity contribution in [1.29, 1.82) is 0 Å². The molecule has 0 spiro atoms. The summed E-state index contributed by atoms with van der Waals surface area (Å²) >= 11 is 0. The summed E-state index contributed by atoms with van der Waals surface area (Å²) in [6, 6.07) is 3.09. The number of nitrogens with zero attached hydrogens (tertiary/aromatic N) is 1. The fraction of sp³-hybridized carbons (Fsp3) is 0.222. The highest BCUT2D eigenvalue weighted by Crippen LogP contribution is 2.04. The maximum Gasteiger partial charge on any atom is 0.340 e. The van der Waals surface area contributed by atoms with E-state index >= 15 is 0 Å². The highest BCUT2D eigenvalue weighted by Gasteiger charge is 2.11. The third-order valence-electron chi connectivity index (χ3n) is 1.45. The topological polar surface area (TPSA) is 56.3 Å². The van der Waals surface area contributed by atoms with Crippen LogP contribution >= 0.6 is 0 Å². The van der Waals surface area contributed by atoms with Crippen molar-refractivity contribution in [3.8, 4) is 0 Å². The van der Waals surface area contributed by atoms with Gasteiger partial charge in [0.05, 0.1) is 12.2 Å². The normalized spacial score (nSPS) is 9.31. The Morgan fingerprint density at radius 1 is 1.69 bits per heavy atom. The lowest BCUT2D eigenvalue weighted by atomic mass is 10.2. The molecule has 0 fully saturated rings. The summed E-state index contributed by atoms with van der Waals surface area (Å²) in [5.74, 6) is -0.516. The van der Waals surface area contributed by atoms with Gasteiger partial charge in [0.2, 0.25) is 0 Å². The van der Waals surface area contributed by atoms with Gasteiger partial charge in [0.15, 0.2) is 6.29 Å². The number of hydrogen-bond acceptors (Lipinski definition) is 4. The monoisotopic (exact) mass is 179 g/mol. The Balaban J connectivity index is 2.98. The molecule has 1 heterocycles. The smallest absolute Gasteiger partial charge is 0.340 e. The van der Waals surface area contributed by atoms with Gasteiger partial charge in [0.1, 0.15) is 5.69 Å². The minimum absolute atomic E-state index is 0.112. The molecule has 0 N–H and O–H groups in total. The second-order valence-corrected chi connectivity index (χ2v) is 2.27. The summed E-state index contributed by atoms with van der Waals surface area (Å²) in [7, 11) is 0. The second-order valence-electron chi connectivity index (χ2n) is 2.27. The van der Waals surface area contributed by atoms with Crippen molar-refractivity contribution in [2.45, 2.75) is 6.92 Å². The number of carbonyl (C=O) groups is 2. The maximum atomic E-state index is 11.2. The minimum Gasteiger partial charge on any atom is -0.462 e. The summed E-state index contributed by atoms with van der Waals surface area (Å²) < 4.78 is 4.73. The molecule has 1 aromatic rings. The fourth-order valence-corrected chi connectivity index (χ4v) is 0.893.